The zero-order chi connectivity index (χ0) is 8.55. The van der Waals surface area contributed by atoms with Gasteiger partial charge in [-0.05, 0) is 38.5 Å². The van der Waals surface area contributed by atoms with Crippen LogP contribution in [-0.4, -0.2) is 5.78 Å². The summed E-state index contributed by atoms with van der Waals surface area (Å²) in [5.74, 6) is 1.61. The van der Waals surface area contributed by atoms with E-state index < -0.39 is 0 Å². The Morgan fingerprint density at radius 1 is 1.50 bits per heavy atom. The molecule has 1 heteroatoms. The van der Waals surface area contributed by atoms with E-state index in [9.17, 15) is 4.79 Å². The van der Waals surface area contributed by atoms with Crippen LogP contribution < -0.4 is 0 Å². The molecule has 0 unspecified atom stereocenters. The molecule has 0 saturated heterocycles. The Labute approximate surface area is 73.8 Å². The average Bonchev–Trinajstić information content (AvgIpc) is 2.04. The zero-order valence-electron chi connectivity index (χ0n) is 7.68. The topological polar surface area (TPSA) is 17.1 Å². The fourth-order valence-corrected chi connectivity index (χ4v) is 2.58. The highest BCUT2D eigenvalue weighted by atomic mass is 16.1. The van der Waals surface area contributed by atoms with Gasteiger partial charge in [0.2, 0.25) is 0 Å². The number of ketones is 1. The summed E-state index contributed by atoms with van der Waals surface area (Å²) in [7, 11) is 0. The molecule has 0 radical (unpaired) electrons. The molecule has 0 spiro atoms. The van der Waals surface area contributed by atoms with E-state index in [0.717, 1.165) is 19.3 Å². The van der Waals surface area contributed by atoms with Crippen molar-refractivity contribution < 1.29 is 4.79 Å². The van der Waals surface area contributed by atoms with Crippen molar-refractivity contribution in [2.45, 2.75) is 39.0 Å². The van der Waals surface area contributed by atoms with E-state index in [1.54, 1.807) is 0 Å². The Bertz CT molecular complexity index is 227. The molecule has 2 atom stereocenters. The van der Waals surface area contributed by atoms with E-state index in [4.69, 9.17) is 0 Å². The number of hydrogen-bond acceptors (Lipinski definition) is 1. The van der Waals surface area contributed by atoms with Crippen molar-refractivity contribution in [1.82, 2.24) is 0 Å². The van der Waals surface area contributed by atoms with Crippen LogP contribution in [0, 0.1) is 11.8 Å². The third-order valence-corrected chi connectivity index (χ3v) is 3.29. The van der Waals surface area contributed by atoms with Crippen LogP contribution in [0.15, 0.2) is 11.6 Å². The van der Waals surface area contributed by atoms with Gasteiger partial charge < -0.3 is 0 Å². The molecule has 1 nitrogen and oxygen atoms in total. The molecule has 0 aromatic rings. The van der Waals surface area contributed by atoms with Gasteiger partial charge in [-0.2, -0.15) is 0 Å². The van der Waals surface area contributed by atoms with Gasteiger partial charge in [0.15, 0.2) is 0 Å². The first kappa shape index (κ1) is 8.03. The van der Waals surface area contributed by atoms with Crippen molar-refractivity contribution in [3.8, 4) is 0 Å². The maximum Gasteiger partial charge on any atom is 0.136 e. The van der Waals surface area contributed by atoms with Crippen LogP contribution in [0.2, 0.25) is 0 Å². The lowest BCUT2D eigenvalue weighted by Crippen LogP contribution is -2.30. The van der Waals surface area contributed by atoms with Crippen LogP contribution in [0.4, 0.5) is 0 Å². The summed E-state index contributed by atoms with van der Waals surface area (Å²) in [6.45, 7) is 2.19. The molecule has 0 heterocycles. The molecule has 2 aliphatic rings. The second kappa shape index (κ2) is 3.04. The summed E-state index contributed by atoms with van der Waals surface area (Å²) in [4.78, 5) is 11.5. The molecule has 0 N–H and O–H groups in total. The molecular formula is C11H16O. The standard InChI is InChI=1S/C11H16O/c1-8-5-6-10-9(7-8)3-2-4-11(10)12/h5,9-10H,2-4,6-7H2,1H3/t9-,10+/m1/s1. The summed E-state index contributed by atoms with van der Waals surface area (Å²) in [6, 6.07) is 0. The minimum absolute atomic E-state index is 0.391. The van der Waals surface area contributed by atoms with Gasteiger partial charge in [-0.25, -0.2) is 0 Å². The monoisotopic (exact) mass is 164 g/mol. The minimum Gasteiger partial charge on any atom is -0.299 e. The number of rotatable bonds is 0. The van der Waals surface area contributed by atoms with Gasteiger partial charge in [0, 0.05) is 12.3 Å². The fourth-order valence-electron chi connectivity index (χ4n) is 2.58. The first-order valence-corrected chi connectivity index (χ1v) is 4.95. The van der Waals surface area contributed by atoms with Gasteiger partial charge in [0.25, 0.3) is 0 Å². The Hall–Kier alpha value is -0.590. The largest absolute Gasteiger partial charge is 0.299 e. The van der Waals surface area contributed by atoms with Crippen LogP contribution in [0.3, 0.4) is 0 Å². The van der Waals surface area contributed by atoms with E-state index >= 15 is 0 Å². The predicted octanol–water partition coefficient (Wildman–Crippen LogP) is 2.71. The highest BCUT2D eigenvalue weighted by molar-refractivity contribution is 5.82. The van der Waals surface area contributed by atoms with Crippen molar-refractivity contribution in [3.63, 3.8) is 0 Å². The highest BCUT2D eigenvalue weighted by Crippen LogP contribution is 2.37. The Kier molecular flexibility index (Phi) is 2.03. The van der Waals surface area contributed by atoms with Crippen molar-refractivity contribution in [1.29, 1.82) is 0 Å². The SMILES string of the molecule is CC1=CC[C@@H]2C(=O)CCC[C@@H]2C1. The summed E-state index contributed by atoms with van der Waals surface area (Å²) in [6.07, 6.45) is 7.71. The molecule has 0 aromatic heterocycles. The molecule has 2 aliphatic carbocycles. The predicted molar refractivity (Wildman–Crippen MR) is 48.8 cm³/mol. The molecular weight excluding hydrogens is 148 g/mol. The number of allylic oxidation sites excluding steroid dienone is 2. The van der Waals surface area contributed by atoms with Gasteiger partial charge in [-0.15, -0.1) is 0 Å². The Balaban J connectivity index is 2.14. The van der Waals surface area contributed by atoms with Gasteiger partial charge >= 0.3 is 0 Å². The third-order valence-electron chi connectivity index (χ3n) is 3.29. The summed E-state index contributed by atoms with van der Waals surface area (Å²) in [5.41, 5.74) is 1.49. The Morgan fingerprint density at radius 3 is 3.17 bits per heavy atom. The molecule has 0 bridgehead atoms. The van der Waals surface area contributed by atoms with Crippen molar-refractivity contribution >= 4 is 5.78 Å². The molecule has 0 amide bonds. The summed E-state index contributed by atoms with van der Waals surface area (Å²) in [5, 5.41) is 0. The minimum atomic E-state index is 0.391. The van der Waals surface area contributed by atoms with Crippen LogP contribution in [0.1, 0.15) is 39.0 Å². The lowest BCUT2D eigenvalue weighted by Gasteiger charge is -2.33. The van der Waals surface area contributed by atoms with Gasteiger partial charge in [0.05, 0.1) is 0 Å². The van der Waals surface area contributed by atoms with Gasteiger partial charge in [-0.3, -0.25) is 4.79 Å². The number of fused-ring (bicyclic) bond motifs is 1. The lowest BCUT2D eigenvalue weighted by molar-refractivity contribution is -0.126. The zero-order valence-corrected chi connectivity index (χ0v) is 7.68. The smallest absolute Gasteiger partial charge is 0.136 e. The second-order valence-corrected chi connectivity index (χ2v) is 4.22. The van der Waals surface area contributed by atoms with E-state index in [0.29, 0.717) is 17.6 Å². The number of hydrogen-bond donors (Lipinski definition) is 0. The third kappa shape index (κ3) is 1.33. The van der Waals surface area contributed by atoms with E-state index in [1.807, 2.05) is 0 Å². The van der Waals surface area contributed by atoms with E-state index in [2.05, 4.69) is 13.0 Å². The molecule has 1 fully saturated rings. The lowest BCUT2D eigenvalue weighted by atomic mass is 9.71. The van der Waals surface area contributed by atoms with Crippen LogP contribution in [0.25, 0.3) is 0 Å². The molecule has 0 aliphatic heterocycles. The van der Waals surface area contributed by atoms with Crippen LogP contribution in [-0.2, 0) is 4.79 Å². The van der Waals surface area contributed by atoms with Gasteiger partial charge in [-0.1, -0.05) is 11.6 Å². The molecule has 1 saturated carbocycles. The maximum absolute atomic E-state index is 11.5. The van der Waals surface area contributed by atoms with Crippen LogP contribution in [0.5, 0.6) is 0 Å². The molecule has 0 aromatic carbocycles. The van der Waals surface area contributed by atoms with Crippen molar-refractivity contribution in [3.05, 3.63) is 11.6 Å². The maximum atomic E-state index is 11.5. The fraction of sp³-hybridized carbons (Fsp3) is 0.727. The average molecular weight is 164 g/mol. The van der Waals surface area contributed by atoms with Crippen molar-refractivity contribution in [2.24, 2.45) is 11.8 Å². The quantitative estimate of drug-likeness (QED) is 0.503. The van der Waals surface area contributed by atoms with Crippen LogP contribution >= 0.6 is 0 Å². The second-order valence-electron chi connectivity index (χ2n) is 4.22. The number of Topliss-reactive ketones (excluding diaryl/α,β-unsaturated/α-hetero) is 1. The first-order chi connectivity index (χ1) is 5.77. The van der Waals surface area contributed by atoms with Crippen molar-refractivity contribution in [2.75, 3.05) is 0 Å². The van der Waals surface area contributed by atoms with Gasteiger partial charge in [0.1, 0.15) is 5.78 Å². The molecule has 66 valence electrons. The normalized spacial score (nSPS) is 35.8. The first-order valence-electron chi connectivity index (χ1n) is 4.95. The molecule has 12 heavy (non-hydrogen) atoms. The summed E-state index contributed by atoms with van der Waals surface area (Å²) < 4.78 is 0. The van der Waals surface area contributed by atoms with E-state index in [1.165, 1.54) is 18.4 Å². The number of carbonyl (C=O) groups excluding carboxylic acids is 1. The van der Waals surface area contributed by atoms with E-state index in [-0.39, 0.29) is 0 Å². The Morgan fingerprint density at radius 2 is 2.33 bits per heavy atom. The molecule has 2 rings (SSSR count). The highest BCUT2D eigenvalue weighted by Gasteiger charge is 2.32. The summed E-state index contributed by atoms with van der Waals surface area (Å²) >= 11 is 0. The number of carbonyl (C=O) groups is 1.